The van der Waals surface area contributed by atoms with Crippen LogP contribution in [0, 0.1) is 0 Å². The summed E-state index contributed by atoms with van der Waals surface area (Å²) in [6.45, 7) is 1.74. The van der Waals surface area contributed by atoms with Crippen LogP contribution in [-0.4, -0.2) is 62.0 Å². The molecule has 2 amide bonds. The molecule has 8 heteroatoms. The van der Waals surface area contributed by atoms with E-state index in [0.29, 0.717) is 54.6 Å². The van der Waals surface area contributed by atoms with Crippen molar-refractivity contribution in [2.24, 2.45) is 0 Å². The lowest BCUT2D eigenvalue weighted by Gasteiger charge is -2.34. The second kappa shape index (κ2) is 8.39. The minimum Gasteiger partial charge on any atom is -0.497 e. The lowest BCUT2D eigenvalue weighted by Crippen LogP contribution is -2.50. The van der Waals surface area contributed by atoms with Gasteiger partial charge in [0, 0.05) is 42.1 Å². The summed E-state index contributed by atoms with van der Waals surface area (Å²) in [5.41, 5.74) is 1.14. The van der Waals surface area contributed by atoms with Gasteiger partial charge in [-0.2, -0.15) is 0 Å². The number of nitrogens with zero attached hydrogens (tertiary/aromatic N) is 2. The summed E-state index contributed by atoms with van der Waals surface area (Å²) in [7, 11) is 3.08. The maximum Gasteiger partial charge on any atom is 0.289 e. The third kappa shape index (κ3) is 3.87. The van der Waals surface area contributed by atoms with E-state index in [1.54, 1.807) is 41.2 Å². The number of hydrogen-bond acceptors (Lipinski definition) is 5. The van der Waals surface area contributed by atoms with Gasteiger partial charge in [0.05, 0.1) is 19.8 Å². The standard InChI is InChI=1S/C22H21BrN2O5/c1-28-16-4-5-17(19(13-16)29-2)21(26)24-7-9-25(10-8-24)22(27)20-12-14-11-15(23)3-6-18(14)30-20/h3-6,11-13H,7-10H2,1-2H3. The van der Waals surface area contributed by atoms with Gasteiger partial charge in [0.1, 0.15) is 17.1 Å². The molecule has 30 heavy (non-hydrogen) atoms. The first kappa shape index (κ1) is 20.3. The minimum absolute atomic E-state index is 0.129. The molecule has 0 N–H and O–H groups in total. The third-order valence-electron chi connectivity index (χ3n) is 5.18. The fourth-order valence-corrected chi connectivity index (χ4v) is 3.91. The molecule has 0 bridgehead atoms. The minimum atomic E-state index is -0.170. The average Bonchev–Trinajstić information content (AvgIpc) is 3.21. The number of hydrogen-bond donors (Lipinski definition) is 0. The highest BCUT2D eigenvalue weighted by molar-refractivity contribution is 9.10. The van der Waals surface area contributed by atoms with Gasteiger partial charge in [0.2, 0.25) is 0 Å². The molecule has 2 heterocycles. The largest absolute Gasteiger partial charge is 0.497 e. The molecule has 156 valence electrons. The van der Waals surface area contributed by atoms with E-state index in [4.69, 9.17) is 13.9 Å². The zero-order chi connectivity index (χ0) is 21.3. The van der Waals surface area contributed by atoms with E-state index >= 15 is 0 Å². The van der Waals surface area contributed by atoms with Crippen molar-refractivity contribution in [2.75, 3.05) is 40.4 Å². The SMILES string of the molecule is COc1ccc(C(=O)N2CCN(C(=O)c3cc4cc(Br)ccc4o3)CC2)c(OC)c1. The molecule has 4 rings (SSSR count). The smallest absolute Gasteiger partial charge is 0.289 e. The van der Waals surface area contributed by atoms with Gasteiger partial charge in [0.25, 0.3) is 11.8 Å². The number of fused-ring (bicyclic) bond motifs is 1. The van der Waals surface area contributed by atoms with Crippen molar-refractivity contribution in [3.05, 3.63) is 58.3 Å². The lowest BCUT2D eigenvalue weighted by molar-refractivity contribution is 0.0517. The molecule has 0 spiro atoms. The maximum atomic E-state index is 13.0. The molecule has 1 aromatic heterocycles. The molecule has 1 saturated heterocycles. The number of amides is 2. The van der Waals surface area contributed by atoms with E-state index in [0.717, 1.165) is 9.86 Å². The maximum absolute atomic E-state index is 13.0. The van der Waals surface area contributed by atoms with E-state index in [-0.39, 0.29) is 11.8 Å². The number of rotatable bonds is 4. The Balaban J connectivity index is 1.44. The Morgan fingerprint density at radius 3 is 2.27 bits per heavy atom. The molecule has 2 aromatic carbocycles. The Morgan fingerprint density at radius 1 is 0.900 bits per heavy atom. The molecular weight excluding hydrogens is 452 g/mol. The van der Waals surface area contributed by atoms with Gasteiger partial charge in [-0.3, -0.25) is 9.59 Å². The van der Waals surface area contributed by atoms with Gasteiger partial charge in [-0.25, -0.2) is 0 Å². The third-order valence-corrected chi connectivity index (χ3v) is 5.68. The van der Waals surface area contributed by atoms with Crippen molar-refractivity contribution in [3.63, 3.8) is 0 Å². The van der Waals surface area contributed by atoms with E-state index in [1.807, 2.05) is 18.2 Å². The quantitative estimate of drug-likeness (QED) is 0.577. The summed E-state index contributed by atoms with van der Waals surface area (Å²) in [4.78, 5) is 29.2. The zero-order valence-corrected chi connectivity index (χ0v) is 18.3. The van der Waals surface area contributed by atoms with Gasteiger partial charge in [-0.05, 0) is 36.4 Å². The molecule has 0 aliphatic carbocycles. The fraction of sp³-hybridized carbons (Fsp3) is 0.273. The van der Waals surface area contributed by atoms with E-state index in [9.17, 15) is 9.59 Å². The Morgan fingerprint density at radius 2 is 1.60 bits per heavy atom. The number of methoxy groups -OCH3 is 2. The monoisotopic (exact) mass is 472 g/mol. The number of benzene rings is 2. The highest BCUT2D eigenvalue weighted by atomic mass is 79.9. The van der Waals surface area contributed by atoms with Crippen LogP contribution in [0.5, 0.6) is 11.5 Å². The Labute approximate surface area is 182 Å². The van der Waals surface area contributed by atoms with Gasteiger partial charge in [-0.15, -0.1) is 0 Å². The summed E-state index contributed by atoms with van der Waals surface area (Å²) in [6.07, 6.45) is 0. The molecule has 1 aliphatic heterocycles. The van der Waals surface area contributed by atoms with Gasteiger partial charge in [-0.1, -0.05) is 15.9 Å². The number of piperazine rings is 1. The molecule has 3 aromatic rings. The van der Waals surface area contributed by atoms with Crippen LogP contribution >= 0.6 is 15.9 Å². The van der Waals surface area contributed by atoms with Crippen molar-refractivity contribution in [2.45, 2.75) is 0 Å². The van der Waals surface area contributed by atoms with E-state index in [2.05, 4.69) is 15.9 Å². The first-order chi connectivity index (χ1) is 14.5. The second-order valence-corrected chi connectivity index (χ2v) is 7.86. The Bertz CT molecular complexity index is 1100. The molecule has 0 saturated carbocycles. The van der Waals surface area contributed by atoms with Crippen LogP contribution in [-0.2, 0) is 0 Å². The van der Waals surface area contributed by atoms with Crippen LogP contribution in [0.3, 0.4) is 0 Å². The molecule has 1 aliphatic rings. The van der Waals surface area contributed by atoms with Crippen molar-refractivity contribution < 1.29 is 23.5 Å². The molecule has 0 atom stereocenters. The fourth-order valence-electron chi connectivity index (χ4n) is 3.53. The van der Waals surface area contributed by atoms with Crippen LogP contribution in [0.25, 0.3) is 11.0 Å². The number of ether oxygens (including phenoxy) is 2. The van der Waals surface area contributed by atoms with Gasteiger partial charge >= 0.3 is 0 Å². The zero-order valence-electron chi connectivity index (χ0n) is 16.7. The van der Waals surface area contributed by atoms with Crippen LogP contribution in [0.2, 0.25) is 0 Å². The van der Waals surface area contributed by atoms with Crippen molar-refractivity contribution in [1.82, 2.24) is 9.80 Å². The Kier molecular flexibility index (Phi) is 5.67. The highest BCUT2D eigenvalue weighted by Gasteiger charge is 2.28. The predicted molar refractivity (Wildman–Crippen MR) is 115 cm³/mol. The van der Waals surface area contributed by atoms with Gasteiger partial charge < -0.3 is 23.7 Å². The number of halogens is 1. The first-order valence-corrected chi connectivity index (χ1v) is 10.3. The van der Waals surface area contributed by atoms with Crippen LogP contribution < -0.4 is 9.47 Å². The normalized spacial score (nSPS) is 14.1. The molecule has 0 radical (unpaired) electrons. The summed E-state index contributed by atoms with van der Waals surface area (Å²) in [6, 6.07) is 12.5. The first-order valence-electron chi connectivity index (χ1n) is 9.50. The molecule has 7 nitrogen and oxygen atoms in total. The van der Waals surface area contributed by atoms with Crippen molar-refractivity contribution >= 4 is 38.7 Å². The van der Waals surface area contributed by atoms with Crippen molar-refractivity contribution in [1.29, 1.82) is 0 Å². The lowest BCUT2D eigenvalue weighted by atomic mass is 10.1. The van der Waals surface area contributed by atoms with Gasteiger partial charge in [0.15, 0.2) is 5.76 Å². The topological polar surface area (TPSA) is 72.2 Å². The summed E-state index contributed by atoms with van der Waals surface area (Å²) < 4.78 is 17.2. The number of carbonyl (C=O) groups is 2. The number of furan rings is 1. The summed E-state index contributed by atoms with van der Waals surface area (Å²) >= 11 is 3.42. The molecular formula is C22H21BrN2O5. The summed E-state index contributed by atoms with van der Waals surface area (Å²) in [5.74, 6) is 1.09. The van der Waals surface area contributed by atoms with Crippen LogP contribution in [0.4, 0.5) is 0 Å². The summed E-state index contributed by atoms with van der Waals surface area (Å²) in [5, 5.41) is 0.869. The number of carbonyl (C=O) groups excluding carboxylic acids is 2. The van der Waals surface area contributed by atoms with E-state index < -0.39 is 0 Å². The predicted octanol–water partition coefficient (Wildman–Crippen LogP) is 3.81. The molecule has 0 unspecified atom stereocenters. The molecule has 1 fully saturated rings. The highest BCUT2D eigenvalue weighted by Crippen LogP contribution is 2.27. The van der Waals surface area contributed by atoms with E-state index in [1.165, 1.54) is 7.11 Å². The average molecular weight is 473 g/mol. The Hall–Kier alpha value is -3.00. The van der Waals surface area contributed by atoms with Crippen molar-refractivity contribution in [3.8, 4) is 11.5 Å². The van der Waals surface area contributed by atoms with Crippen LogP contribution in [0.1, 0.15) is 20.9 Å². The second-order valence-electron chi connectivity index (χ2n) is 6.94. The van der Waals surface area contributed by atoms with Crippen LogP contribution in [0.15, 0.2) is 51.4 Å².